The normalized spacial score (nSPS) is 13.6. The molecule has 6 aromatic carbocycles. The molecular weight excluding hydrogens is 855 g/mol. The average Bonchev–Trinajstić information content (AvgIpc) is 3.31. The van der Waals surface area contributed by atoms with Gasteiger partial charge in [-0.25, -0.2) is 0 Å². The van der Waals surface area contributed by atoms with Gasteiger partial charge in [-0.15, -0.1) is 20.5 Å². The van der Waals surface area contributed by atoms with E-state index < -0.39 is 10.1 Å². The summed E-state index contributed by atoms with van der Waals surface area (Å²) in [5.74, 6) is 0.590. The van der Waals surface area contributed by atoms with E-state index in [4.69, 9.17) is 25.2 Å². The maximum absolute atomic E-state index is 12.6. The van der Waals surface area contributed by atoms with Gasteiger partial charge in [0.05, 0.1) is 17.1 Å². The molecule has 0 unspecified atom stereocenters. The van der Waals surface area contributed by atoms with E-state index in [2.05, 4.69) is 82.6 Å². The van der Waals surface area contributed by atoms with Crippen LogP contribution in [0.2, 0.25) is 0 Å². The molecule has 14 nitrogen and oxygen atoms in total. The quantitative estimate of drug-likeness (QED) is 0.0586. The van der Waals surface area contributed by atoms with Crippen molar-refractivity contribution < 1.29 is 13.0 Å². The fraction of sp³-hybridized carbons (Fsp3) is 0.286. The summed E-state index contributed by atoms with van der Waals surface area (Å²) in [4.78, 5) is 19.0. The number of hydrogen-bond donors (Lipinski definition) is 3. The Bertz CT molecular complexity index is 2960. The third-order valence-corrected chi connectivity index (χ3v) is 13.7. The number of benzene rings is 6. The van der Waals surface area contributed by atoms with Gasteiger partial charge in [-0.3, -0.25) is 4.55 Å². The van der Waals surface area contributed by atoms with Crippen LogP contribution in [0.15, 0.2) is 146 Å². The number of azo groups is 2. The molecule has 0 radical (unpaired) electrons. The second-order valence-corrected chi connectivity index (χ2v) is 18.3. The highest BCUT2D eigenvalue weighted by molar-refractivity contribution is 7.99. The summed E-state index contributed by atoms with van der Waals surface area (Å²) in [6.07, 6.45) is 5.68. The number of hydrogen-bond acceptors (Lipinski definition) is 14. The van der Waals surface area contributed by atoms with Crippen molar-refractivity contribution in [3.05, 3.63) is 115 Å². The molecule has 334 valence electrons. The minimum Gasteiger partial charge on any atom is -0.372 e. The Labute approximate surface area is 384 Å². The van der Waals surface area contributed by atoms with Crippen LogP contribution in [-0.4, -0.2) is 59.4 Å². The maximum Gasteiger partial charge on any atom is 0.296 e. The second kappa shape index (κ2) is 20.6. The number of anilines is 6. The number of thioether (sulfide) groups is 1. The predicted molar refractivity (Wildman–Crippen MR) is 265 cm³/mol. The number of aromatic nitrogens is 3. The molecule has 0 aliphatic heterocycles. The summed E-state index contributed by atoms with van der Waals surface area (Å²) in [5.41, 5.74) is 4.94. The summed E-state index contributed by atoms with van der Waals surface area (Å²) in [6, 6.07) is 36.1. The Morgan fingerprint density at radius 2 is 1.12 bits per heavy atom. The van der Waals surface area contributed by atoms with Gasteiger partial charge in [-0.2, -0.15) is 23.4 Å². The highest BCUT2D eigenvalue weighted by atomic mass is 32.2. The van der Waals surface area contributed by atoms with Crippen molar-refractivity contribution in [2.24, 2.45) is 20.5 Å². The monoisotopic (exact) mass is 907 g/mol. The number of fused-ring (bicyclic) bond motifs is 2. The van der Waals surface area contributed by atoms with E-state index in [0.717, 1.165) is 85.1 Å². The van der Waals surface area contributed by atoms with Crippen LogP contribution in [0.25, 0.3) is 21.5 Å². The predicted octanol–water partition coefficient (Wildman–Crippen LogP) is 13.9. The van der Waals surface area contributed by atoms with Crippen molar-refractivity contribution in [2.75, 3.05) is 46.6 Å². The molecule has 8 rings (SSSR count). The summed E-state index contributed by atoms with van der Waals surface area (Å²) < 4.78 is 35.4. The first-order chi connectivity index (χ1) is 31.6. The van der Waals surface area contributed by atoms with E-state index in [-0.39, 0.29) is 16.5 Å². The lowest BCUT2D eigenvalue weighted by Gasteiger charge is -2.23. The SMILES string of the molecule is CCN(CC)c1ccc(/N=N/c2cccc3ccccc23)c(Nc2nc(Nc3cc(N(CC)CC)ccc3/N=N/c3c(S(=O)(=O)O)ccc4ccccc34)nc(SC3CCCCC3)n2)c1. The smallest absolute Gasteiger partial charge is 0.296 e. The van der Waals surface area contributed by atoms with Crippen LogP contribution in [0, 0.1) is 0 Å². The molecule has 1 aliphatic carbocycles. The fourth-order valence-corrected chi connectivity index (χ4v) is 9.92. The maximum atomic E-state index is 12.6. The van der Waals surface area contributed by atoms with Gasteiger partial charge in [0.1, 0.15) is 22.0 Å². The van der Waals surface area contributed by atoms with Crippen LogP contribution in [0.3, 0.4) is 0 Å². The summed E-state index contributed by atoms with van der Waals surface area (Å²) in [5, 5.41) is 29.9. The van der Waals surface area contributed by atoms with Crippen LogP contribution < -0.4 is 20.4 Å². The molecule has 0 bridgehead atoms. The third kappa shape index (κ3) is 10.7. The molecule has 1 saturated carbocycles. The number of nitrogens with zero attached hydrogens (tertiary/aromatic N) is 9. The standard InChI is InChI=1S/C49H53N11O3S2/c1-5-59(6-2)35-26-28-41(56-55-40-24-16-19-33-17-12-14-22-38(33)40)43(31-35)50-47-52-48(54-49(53-47)64-37-20-10-9-11-21-37)51-44-32-36(60(7-3)8-4)27-29-42(44)57-58-46-39-23-15-13-18-34(39)25-30-45(46)65(61,62)63/h12-19,22-32,37H,5-11,20-21H2,1-4H3,(H,61,62,63)(H2,50,51,52,53,54)/b56-55+,58-57+. The molecule has 0 spiro atoms. The zero-order valence-corrected chi connectivity index (χ0v) is 38.6. The van der Waals surface area contributed by atoms with Crippen molar-refractivity contribution >= 4 is 101 Å². The molecule has 16 heteroatoms. The van der Waals surface area contributed by atoms with Crippen molar-refractivity contribution in [3.8, 4) is 0 Å². The minimum atomic E-state index is -4.63. The molecule has 7 aromatic rings. The van der Waals surface area contributed by atoms with Crippen molar-refractivity contribution in [1.29, 1.82) is 0 Å². The van der Waals surface area contributed by atoms with E-state index in [1.54, 1.807) is 30.0 Å². The topological polar surface area (TPSA) is 173 Å². The van der Waals surface area contributed by atoms with Gasteiger partial charge >= 0.3 is 0 Å². The first-order valence-electron chi connectivity index (χ1n) is 22.2. The van der Waals surface area contributed by atoms with Crippen LogP contribution in [0.1, 0.15) is 59.8 Å². The zero-order valence-electron chi connectivity index (χ0n) is 37.0. The van der Waals surface area contributed by atoms with Crippen LogP contribution in [0.5, 0.6) is 0 Å². The molecule has 0 amide bonds. The highest BCUT2D eigenvalue weighted by Crippen LogP contribution is 2.40. The van der Waals surface area contributed by atoms with Gasteiger partial charge in [0, 0.05) is 53.6 Å². The minimum absolute atomic E-state index is 0.0301. The highest BCUT2D eigenvalue weighted by Gasteiger charge is 2.21. The van der Waals surface area contributed by atoms with E-state index in [1.807, 2.05) is 66.7 Å². The van der Waals surface area contributed by atoms with Gasteiger partial charge in [-0.05, 0) is 99.8 Å². The Hall–Kier alpha value is -6.49. The first kappa shape index (κ1) is 45.1. The number of nitrogens with one attached hydrogen (secondary N) is 2. The van der Waals surface area contributed by atoms with Crippen LogP contribution in [0.4, 0.5) is 57.4 Å². The molecule has 0 atom stereocenters. The lowest BCUT2D eigenvalue weighted by Crippen LogP contribution is -2.21. The number of rotatable bonds is 17. The van der Waals surface area contributed by atoms with Crippen LogP contribution in [-0.2, 0) is 10.1 Å². The van der Waals surface area contributed by atoms with Crippen molar-refractivity contribution in [3.63, 3.8) is 0 Å². The Morgan fingerprint density at radius 3 is 1.71 bits per heavy atom. The van der Waals surface area contributed by atoms with Gasteiger partial charge in [-0.1, -0.05) is 97.8 Å². The van der Waals surface area contributed by atoms with Gasteiger partial charge < -0.3 is 20.4 Å². The molecule has 1 aliphatic rings. The molecule has 1 fully saturated rings. The van der Waals surface area contributed by atoms with Crippen molar-refractivity contribution in [1.82, 2.24) is 15.0 Å². The summed E-state index contributed by atoms with van der Waals surface area (Å²) >= 11 is 1.65. The van der Waals surface area contributed by atoms with Crippen molar-refractivity contribution in [2.45, 2.75) is 75.1 Å². The average molecular weight is 908 g/mol. The molecule has 3 N–H and O–H groups in total. The van der Waals surface area contributed by atoms with Crippen LogP contribution >= 0.6 is 11.8 Å². The van der Waals surface area contributed by atoms with Gasteiger partial charge in [0.25, 0.3) is 10.1 Å². The second-order valence-electron chi connectivity index (χ2n) is 15.6. The summed E-state index contributed by atoms with van der Waals surface area (Å²) in [6.45, 7) is 11.6. The Kier molecular flexibility index (Phi) is 14.3. The largest absolute Gasteiger partial charge is 0.372 e. The van der Waals surface area contributed by atoms with E-state index >= 15 is 0 Å². The molecule has 65 heavy (non-hydrogen) atoms. The summed E-state index contributed by atoms with van der Waals surface area (Å²) in [7, 11) is -4.63. The molecule has 1 aromatic heterocycles. The fourth-order valence-electron chi connectivity index (χ4n) is 8.14. The molecule has 0 saturated heterocycles. The van der Waals surface area contributed by atoms with E-state index in [9.17, 15) is 13.0 Å². The molecule has 1 heterocycles. The Balaban J connectivity index is 1.22. The third-order valence-electron chi connectivity index (χ3n) is 11.6. The van der Waals surface area contributed by atoms with E-state index in [1.165, 1.54) is 12.5 Å². The van der Waals surface area contributed by atoms with E-state index in [0.29, 0.717) is 44.5 Å². The van der Waals surface area contributed by atoms with Gasteiger partial charge in [0.2, 0.25) is 11.9 Å². The molecular formula is C49H53N11O3S2. The Morgan fingerprint density at radius 1 is 0.600 bits per heavy atom. The lowest BCUT2D eigenvalue weighted by molar-refractivity contribution is 0.483. The first-order valence-corrected chi connectivity index (χ1v) is 24.5. The zero-order chi connectivity index (χ0) is 45.3. The lowest BCUT2D eigenvalue weighted by atomic mass is 10.0. The van der Waals surface area contributed by atoms with Gasteiger partial charge in [0.15, 0.2) is 5.16 Å².